The van der Waals surface area contributed by atoms with E-state index in [-0.39, 0.29) is 0 Å². The number of nitrogens with zero attached hydrogens (tertiary/aromatic N) is 3. The third kappa shape index (κ3) is 5.50. The van der Waals surface area contributed by atoms with Gasteiger partial charge in [0.1, 0.15) is 5.52 Å². The Hall–Kier alpha value is -3.45. The van der Waals surface area contributed by atoms with E-state index >= 15 is 0 Å². The molecule has 0 fully saturated rings. The van der Waals surface area contributed by atoms with Gasteiger partial charge in [-0.2, -0.15) is 10.0 Å². The van der Waals surface area contributed by atoms with Gasteiger partial charge in [-0.05, 0) is 101 Å². The first-order valence-corrected chi connectivity index (χ1v) is 16.7. The molecule has 0 aliphatic rings. The van der Waals surface area contributed by atoms with Crippen LogP contribution in [0.25, 0.3) is 16.7 Å². The van der Waals surface area contributed by atoms with Crippen LogP contribution in [0.2, 0.25) is 0 Å². The second-order valence-corrected chi connectivity index (χ2v) is 15.3. The van der Waals surface area contributed by atoms with Crippen LogP contribution in [0, 0.1) is 0 Å². The summed E-state index contributed by atoms with van der Waals surface area (Å²) in [7, 11) is -1.17. The molecule has 1 aromatic heterocycles. The molecule has 1 unspecified atom stereocenters. The Balaban J connectivity index is 1.35. The first-order chi connectivity index (χ1) is 19.1. The summed E-state index contributed by atoms with van der Waals surface area (Å²) in [5.74, 6) is 1.10. The van der Waals surface area contributed by atoms with E-state index in [1.54, 1.807) is 0 Å². The zero-order chi connectivity index (χ0) is 26.7. The van der Waals surface area contributed by atoms with Crippen molar-refractivity contribution in [3.63, 3.8) is 0 Å². The molecule has 0 saturated heterocycles. The SMILES string of the molecule is CCS(C)(c1ccccc1)c1cc(Sc2ccccc2)cc(Sc2ccc(-n3nnc4ccccc43)cc2)c1. The highest BCUT2D eigenvalue weighted by molar-refractivity contribution is 8.33. The topological polar surface area (TPSA) is 30.7 Å². The largest absolute Gasteiger partial charge is 0.213 e. The predicted molar refractivity (Wildman–Crippen MR) is 167 cm³/mol. The third-order valence-electron chi connectivity index (χ3n) is 6.86. The maximum atomic E-state index is 4.37. The second-order valence-electron chi connectivity index (χ2n) is 9.33. The van der Waals surface area contributed by atoms with E-state index < -0.39 is 10.0 Å². The molecular formula is C33H29N3S3. The number of benzene rings is 5. The van der Waals surface area contributed by atoms with Crippen LogP contribution in [0.3, 0.4) is 0 Å². The fourth-order valence-corrected chi connectivity index (χ4v) is 9.14. The summed E-state index contributed by atoms with van der Waals surface area (Å²) in [5, 5.41) is 8.67. The van der Waals surface area contributed by atoms with Crippen LogP contribution in [0.5, 0.6) is 0 Å². The Kier molecular flexibility index (Phi) is 7.51. The van der Waals surface area contributed by atoms with Gasteiger partial charge < -0.3 is 0 Å². The van der Waals surface area contributed by atoms with Gasteiger partial charge in [0.25, 0.3) is 0 Å². The molecule has 39 heavy (non-hydrogen) atoms. The number of hydrogen-bond acceptors (Lipinski definition) is 4. The molecule has 0 N–H and O–H groups in total. The van der Waals surface area contributed by atoms with Gasteiger partial charge in [0.2, 0.25) is 0 Å². The molecule has 6 heteroatoms. The van der Waals surface area contributed by atoms with Crippen molar-refractivity contribution >= 4 is 44.6 Å². The van der Waals surface area contributed by atoms with E-state index in [2.05, 4.69) is 133 Å². The standard InChI is InChI=1S/C33H29N3S3/c1-3-39(2,30-14-8-5-9-15-30)31-23-28(37-26-12-6-4-7-13-26)22-29(24-31)38-27-20-18-25(19-21-27)36-33-17-11-10-16-32(33)34-35-36/h4-24H,3H2,1-2H3. The van der Waals surface area contributed by atoms with Crippen molar-refractivity contribution in [2.75, 3.05) is 12.0 Å². The Morgan fingerprint density at radius 3 is 1.87 bits per heavy atom. The van der Waals surface area contributed by atoms with Gasteiger partial charge in [-0.25, -0.2) is 4.68 Å². The monoisotopic (exact) mass is 563 g/mol. The highest BCUT2D eigenvalue weighted by Gasteiger charge is 2.23. The first-order valence-electron chi connectivity index (χ1n) is 12.9. The molecule has 0 bridgehead atoms. The molecule has 0 amide bonds. The molecule has 6 rings (SSSR count). The summed E-state index contributed by atoms with van der Waals surface area (Å²) >= 11 is 3.64. The predicted octanol–water partition coefficient (Wildman–Crippen LogP) is 9.60. The molecule has 0 radical (unpaired) electrons. The molecule has 1 heterocycles. The van der Waals surface area contributed by atoms with E-state index in [9.17, 15) is 0 Å². The van der Waals surface area contributed by atoms with Gasteiger partial charge >= 0.3 is 0 Å². The van der Waals surface area contributed by atoms with E-state index in [0.29, 0.717) is 0 Å². The fraction of sp³-hybridized carbons (Fsp3) is 0.0909. The summed E-state index contributed by atoms with van der Waals surface area (Å²) in [5.41, 5.74) is 2.92. The van der Waals surface area contributed by atoms with Crippen molar-refractivity contribution < 1.29 is 0 Å². The van der Waals surface area contributed by atoms with Crippen molar-refractivity contribution in [1.82, 2.24) is 15.0 Å². The van der Waals surface area contributed by atoms with Crippen LogP contribution in [0.4, 0.5) is 0 Å². The van der Waals surface area contributed by atoms with Crippen molar-refractivity contribution in [2.24, 2.45) is 0 Å². The third-order valence-corrected chi connectivity index (χ3v) is 12.6. The normalized spacial score (nSPS) is 13.7. The Morgan fingerprint density at radius 2 is 1.21 bits per heavy atom. The van der Waals surface area contributed by atoms with Crippen molar-refractivity contribution in [2.45, 2.75) is 36.3 Å². The smallest absolute Gasteiger partial charge is 0.113 e. The fourth-order valence-electron chi connectivity index (χ4n) is 4.59. The molecule has 0 saturated carbocycles. The second kappa shape index (κ2) is 11.3. The number of fused-ring (bicyclic) bond motifs is 1. The van der Waals surface area contributed by atoms with Crippen molar-refractivity contribution in [3.05, 3.63) is 127 Å². The number of hydrogen-bond donors (Lipinski definition) is 0. The highest BCUT2D eigenvalue weighted by Crippen LogP contribution is 2.60. The van der Waals surface area contributed by atoms with Gasteiger partial charge in [0.05, 0.1) is 11.2 Å². The van der Waals surface area contributed by atoms with Crippen LogP contribution in [0.15, 0.2) is 157 Å². The summed E-state index contributed by atoms with van der Waals surface area (Å²) in [6.07, 6.45) is 2.44. The molecule has 0 spiro atoms. The average molecular weight is 564 g/mol. The van der Waals surface area contributed by atoms with Crippen molar-refractivity contribution in [3.8, 4) is 5.69 Å². The molecule has 0 aliphatic heterocycles. The lowest BCUT2D eigenvalue weighted by molar-refractivity contribution is 0.823. The summed E-state index contributed by atoms with van der Waals surface area (Å²) in [6, 6.07) is 45.4. The number of para-hydroxylation sites is 1. The highest BCUT2D eigenvalue weighted by atomic mass is 32.3. The minimum absolute atomic E-state index is 0.899. The molecule has 1 atom stereocenters. The van der Waals surface area contributed by atoms with Gasteiger partial charge in [-0.3, -0.25) is 0 Å². The van der Waals surface area contributed by atoms with Crippen LogP contribution in [-0.4, -0.2) is 27.0 Å². The van der Waals surface area contributed by atoms with Crippen LogP contribution in [0.1, 0.15) is 6.92 Å². The van der Waals surface area contributed by atoms with E-state index in [4.69, 9.17) is 0 Å². The van der Waals surface area contributed by atoms with Gasteiger partial charge in [-0.15, -0.1) is 5.10 Å². The zero-order valence-electron chi connectivity index (χ0n) is 21.9. The van der Waals surface area contributed by atoms with Crippen LogP contribution >= 0.6 is 33.6 Å². The lowest BCUT2D eigenvalue weighted by Gasteiger charge is -2.36. The van der Waals surface area contributed by atoms with Gasteiger partial charge in [-0.1, -0.05) is 84.2 Å². The molecule has 3 nitrogen and oxygen atoms in total. The van der Waals surface area contributed by atoms with E-state index in [1.165, 1.54) is 29.4 Å². The Morgan fingerprint density at radius 1 is 0.615 bits per heavy atom. The summed E-state index contributed by atoms with van der Waals surface area (Å²) < 4.78 is 1.90. The minimum atomic E-state index is -1.17. The van der Waals surface area contributed by atoms with E-state index in [1.807, 2.05) is 46.4 Å². The Bertz CT molecular complexity index is 1700. The van der Waals surface area contributed by atoms with Gasteiger partial charge in [0.15, 0.2) is 0 Å². The van der Waals surface area contributed by atoms with E-state index in [0.717, 1.165) is 22.5 Å². The summed E-state index contributed by atoms with van der Waals surface area (Å²) in [6.45, 7) is 2.32. The number of aromatic nitrogens is 3. The summed E-state index contributed by atoms with van der Waals surface area (Å²) in [4.78, 5) is 7.83. The van der Waals surface area contributed by atoms with Crippen LogP contribution < -0.4 is 0 Å². The average Bonchev–Trinajstić information content (AvgIpc) is 3.42. The first kappa shape index (κ1) is 25.8. The molecule has 6 aromatic rings. The molecule has 0 aliphatic carbocycles. The lowest BCUT2D eigenvalue weighted by atomic mass is 10.3. The quantitative estimate of drug-likeness (QED) is 0.184. The van der Waals surface area contributed by atoms with Gasteiger partial charge in [0, 0.05) is 19.6 Å². The van der Waals surface area contributed by atoms with Crippen molar-refractivity contribution in [1.29, 1.82) is 0 Å². The Labute approximate surface area is 240 Å². The maximum absolute atomic E-state index is 4.37. The maximum Gasteiger partial charge on any atom is 0.113 e. The minimum Gasteiger partial charge on any atom is -0.213 e. The van der Waals surface area contributed by atoms with Crippen LogP contribution in [-0.2, 0) is 0 Å². The lowest BCUT2D eigenvalue weighted by Crippen LogP contribution is -2.03. The molecular weight excluding hydrogens is 535 g/mol. The molecule has 194 valence electrons. The molecule has 5 aromatic carbocycles. The number of rotatable bonds is 8. The zero-order valence-corrected chi connectivity index (χ0v) is 24.3.